The third kappa shape index (κ3) is 6.83. The molecule has 0 N–H and O–H groups in total. The molecule has 8 rings (SSSR count). The molecule has 58 heavy (non-hydrogen) atoms. The molecule has 6 aromatic rings. The van der Waals surface area contributed by atoms with Gasteiger partial charge in [0.25, 0.3) is 6.71 Å². The van der Waals surface area contributed by atoms with Gasteiger partial charge in [-0.15, -0.1) is 0 Å². The molecule has 0 aromatic heterocycles. The summed E-state index contributed by atoms with van der Waals surface area (Å²) < 4.78 is 0. The van der Waals surface area contributed by atoms with Crippen molar-refractivity contribution < 1.29 is 0 Å². The Morgan fingerprint density at radius 3 is 1.33 bits per heavy atom. The van der Waals surface area contributed by atoms with Gasteiger partial charge in [0.1, 0.15) is 0 Å². The van der Waals surface area contributed by atoms with E-state index >= 15 is 0 Å². The van der Waals surface area contributed by atoms with E-state index in [0.29, 0.717) is 5.69 Å². The molecular formula is C54H58BN3. The maximum atomic E-state index is 7.56. The van der Waals surface area contributed by atoms with Crippen LogP contribution in [0.1, 0.15) is 111 Å². The summed E-state index contributed by atoms with van der Waals surface area (Å²) in [6, 6.07) is 43.6. The van der Waals surface area contributed by atoms with Gasteiger partial charge < -0.3 is 9.80 Å². The van der Waals surface area contributed by atoms with Gasteiger partial charge in [-0.25, -0.2) is 4.85 Å². The molecule has 292 valence electrons. The van der Waals surface area contributed by atoms with E-state index in [0.717, 1.165) is 11.1 Å². The number of para-hydroxylation sites is 1. The smallest absolute Gasteiger partial charge is 0.252 e. The zero-order valence-corrected chi connectivity index (χ0v) is 36.9. The maximum absolute atomic E-state index is 7.56. The van der Waals surface area contributed by atoms with Crippen LogP contribution in [-0.4, -0.2) is 6.71 Å². The van der Waals surface area contributed by atoms with E-state index in [4.69, 9.17) is 6.57 Å². The number of anilines is 6. The van der Waals surface area contributed by atoms with Gasteiger partial charge in [-0.2, -0.15) is 0 Å². The van der Waals surface area contributed by atoms with Gasteiger partial charge in [-0.3, -0.25) is 0 Å². The van der Waals surface area contributed by atoms with Crippen LogP contribution in [0.3, 0.4) is 0 Å². The summed E-state index contributed by atoms with van der Waals surface area (Å²) in [5.41, 5.74) is 20.6. The van der Waals surface area contributed by atoms with Crippen molar-refractivity contribution in [2.75, 3.05) is 9.80 Å². The molecule has 0 fully saturated rings. The highest BCUT2D eigenvalue weighted by molar-refractivity contribution is 7.00. The summed E-state index contributed by atoms with van der Waals surface area (Å²) in [5.74, 6) is 0. The first-order valence-electron chi connectivity index (χ1n) is 20.9. The summed E-state index contributed by atoms with van der Waals surface area (Å²) in [4.78, 5) is 8.80. The van der Waals surface area contributed by atoms with E-state index < -0.39 is 0 Å². The number of benzene rings is 6. The second-order valence-corrected chi connectivity index (χ2v) is 20.8. The summed E-state index contributed by atoms with van der Waals surface area (Å²) in [6.45, 7) is 37.7. The van der Waals surface area contributed by atoms with E-state index in [1.54, 1.807) is 0 Å². The van der Waals surface area contributed by atoms with Gasteiger partial charge in [0.15, 0.2) is 5.69 Å². The number of hydrogen-bond acceptors (Lipinski definition) is 2. The third-order valence-electron chi connectivity index (χ3n) is 12.3. The average molecular weight is 760 g/mol. The first-order chi connectivity index (χ1) is 27.1. The Morgan fingerprint density at radius 1 is 0.448 bits per heavy atom. The summed E-state index contributed by atoms with van der Waals surface area (Å²) in [7, 11) is 0. The Balaban J connectivity index is 1.48. The average Bonchev–Trinajstić information content (AvgIpc) is 3.15. The van der Waals surface area contributed by atoms with Crippen LogP contribution in [0, 0.1) is 13.5 Å². The topological polar surface area (TPSA) is 10.8 Å². The molecule has 6 aromatic carbocycles. The minimum atomic E-state index is -0.0386. The molecule has 0 amide bonds. The Kier molecular flexibility index (Phi) is 9.17. The third-order valence-corrected chi connectivity index (χ3v) is 12.3. The number of aryl methyl sites for hydroxylation is 1. The quantitative estimate of drug-likeness (QED) is 0.131. The second-order valence-electron chi connectivity index (χ2n) is 20.8. The van der Waals surface area contributed by atoms with Crippen LogP contribution in [0.25, 0.3) is 16.0 Å². The standard InChI is InChI=1S/C54H58BN3/c1-34-25-48-50-49(26-34)58(43-32-39(53(8,9)10)29-40(33-43)54(11,12)13)47-24-21-36(35-19-22-41(56-14)23-20-35)27-45(47)55(50)44-17-15-16-18-46(44)57(48)42-30-37(51(2,3)4)28-38(31-42)52(5,6)7/h15-33H,1-13H3. The minimum Gasteiger partial charge on any atom is -0.311 e. The summed E-state index contributed by atoms with van der Waals surface area (Å²) in [5, 5.41) is 0. The maximum Gasteiger partial charge on any atom is 0.252 e. The lowest BCUT2D eigenvalue weighted by Crippen LogP contribution is -2.61. The zero-order chi connectivity index (χ0) is 41.7. The molecular weight excluding hydrogens is 701 g/mol. The molecule has 2 aliphatic heterocycles. The van der Waals surface area contributed by atoms with Crippen LogP contribution < -0.4 is 26.2 Å². The van der Waals surface area contributed by atoms with Gasteiger partial charge in [0.2, 0.25) is 0 Å². The van der Waals surface area contributed by atoms with Gasteiger partial charge in [-0.1, -0.05) is 150 Å². The first-order valence-corrected chi connectivity index (χ1v) is 20.9. The highest BCUT2D eigenvalue weighted by atomic mass is 15.2. The molecule has 0 spiro atoms. The lowest BCUT2D eigenvalue weighted by atomic mass is 9.33. The van der Waals surface area contributed by atoms with Crippen molar-refractivity contribution in [3.05, 3.63) is 154 Å². The molecule has 0 radical (unpaired) electrons. The molecule has 0 unspecified atom stereocenters. The molecule has 0 aliphatic carbocycles. The fourth-order valence-electron chi connectivity index (χ4n) is 8.77. The van der Waals surface area contributed by atoms with Crippen LogP contribution in [0.5, 0.6) is 0 Å². The second kappa shape index (κ2) is 13.5. The summed E-state index contributed by atoms with van der Waals surface area (Å²) >= 11 is 0. The number of rotatable bonds is 3. The van der Waals surface area contributed by atoms with Crippen molar-refractivity contribution in [3.63, 3.8) is 0 Å². The predicted octanol–water partition coefficient (Wildman–Crippen LogP) is 13.5. The van der Waals surface area contributed by atoms with Gasteiger partial charge in [0.05, 0.1) is 6.57 Å². The van der Waals surface area contributed by atoms with E-state index in [2.05, 4.69) is 208 Å². The van der Waals surface area contributed by atoms with E-state index in [9.17, 15) is 0 Å². The van der Waals surface area contributed by atoms with Gasteiger partial charge in [0, 0.05) is 34.1 Å². The van der Waals surface area contributed by atoms with E-state index in [1.807, 2.05) is 12.1 Å². The number of nitrogens with zero attached hydrogens (tertiary/aromatic N) is 3. The summed E-state index contributed by atoms with van der Waals surface area (Å²) in [6.07, 6.45) is 0. The zero-order valence-electron chi connectivity index (χ0n) is 36.9. The number of fused-ring (bicyclic) bond motifs is 4. The van der Waals surface area contributed by atoms with Gasteiger partial charge in [-0.05, 0) is 132 Å². The minimum absolute atomic E-state index is 0.00698. The molecule has 2 aliphatic rings. The fourth-order valence-corrected chi connectivity index (χ4v) is 8.77. The Morgan fingerprint density at radius 2 is 0.879 bits per heavy atom. The largest absolute Gasteiger partial charge is 0.311 e. The van der Waals surface area contributed by atoms with Crippen LogP contribution in [0.15, 0.2) is 115 Å². The highest BCUT2D eigenvalue weighted by Crippen LogP contribution is 2.47. The normalized spacial score (nSPS) is 13.8. The highest BCUT2D eigenvalue weighted by Gasteiger charge is 2.44. The van der Waals surface area contributed by atoms with Crippen molar-refractivity contribution in [2.45, 2.75) is 112 Å². The van der Waals surface area contributed by atoms with Crippen molar-refractivity contribution in [2.24, 2.45) is 0 Å². The molecule has 0 atom stereocenters. The lowest BCUT2D eigenvalue weighted by molar-refractivity contribution is 0.568. The lowest BCUT2D eigenvalue weighted by Gasteiger charge is -2.45. The van der Waals surface area contributed by atoms with E-state index in [-0.39, 0.29) is 28.4 Å². The SMILES string of the molecule is [C-]#[N+]c1ccc(-c2ccc3c(c2)B2c4ccccc4N(c4cc(C(C)(C)C)cc(C(C)(C)C)c4)c4cc(C)cc(c42)N3c2cc(C(C)(C)C)cc(C(C)(C)C)c2)cc1. The molecule has 0 saturated heterocycles. The van der Waals surface area contributed by atoms with Crippen LogP contribution in [0.4, 0.5) is 39.8 Å². The Labute approximate surface area is 348 Å². The number of hydrogen-bond donors (Lipinski definition) is 0. The molecule has 0 bridgehead atoms. The molecule has 3 nitrogen and oxygen atoms in total. The Hall–Kier alpha value is -5.53. The fraction of sp³-hybridized carbons (Fsp3) is 0.315. The van der Waals surface area contributed by atoms with Crippen molar-refractivity contribution in [1.82, 2.24) is 0 Å². The van der Waals surface area contributed by atoms with Crippen molar-refractivity contribution in [3.8, 4) is 11.1 Å². The Bertz CT molecular complexity index is 2550. The van der Waals surface area contributed by atoms with Gasteiger partial charge >= 0.3 is 0 Å². The van der Waals surface area contributed by atoms with Crippen LogP contribution >= 0.6 is 0 Å². The molecule has 4 heteroatoms. The van der Waals surface area contributed by atoms with Crippen molar-refractivity contribution in [1.29, 1.82) is 0 Å². The van der Waals surface area contributed by atoms with E-state index in [1.165, 1.54) is 78.3 Å². The predicted molar refractivity (Wildman–Crippen MR) is 252 cm³/mol. The van der Waals surface area contributed by atoms with Crippen LogP contribution in [0.2, 0.25) is 0 Å². The molecule has 0 saturated carbocycles. The van der Waals surface area contributed by atoms with Crippen molar-refractivity contribution >= 4 is 62.9 Å². The monoisotopic (exact) mass is 759 g/mol. The van der Waals surface area contributed by atoms with Crippen LogP contribution in [-0.2, 0) is 21.7 Å². The first kappa shape index (κ1) is 39.3. The molecule has 2 heterocycles.